The van der Waals surface area contributed by atoms with Gasteiger partial charge in [0.25, 0.3) is 0 Å². The molecular weight excluding hydrogens is 369 g/mol. The summed E-state index contributed by atoms with van der Waals surface area (Å²) in [6.45, 7) is -0.0747. The van der Waals surface area contributed by atoms with Crippen LogP contribution in [0.15, 0.2) is 48.7 Å². The summed E-state index contributed by atoms with van der Waals surface area (Å²) in [6.07, 6.45) is 2.86. The van der Waals surface area contributed by atoms with E-state index in [9.17, 15) is 14.0 Å². The molecule has 2 amide bonds. The zero-order chi connectivity index (χ0) is 19.8. The third-order valence-corrected chi connectivity index (χ3v) is 4.42. The maximum absolute atomic E-state index is 13.7. The van der Waals surface area contributed by atoms with Crippen molar-refractivity contribution in [2.45, 2.75) is 19.4 Å². The van der Waals surface area contributed by atoms with Crippen molar-refractivity contribution >= 4 is 34.8 Å². The summed E-state index contributed by atoms with van der Waals surface area (Å²) in [7, 11) is 1.50. The molecule has 0 atom stereocenters. The molecule has 0 aliphatic heterocycles. The molecule has 3 aromatic rings. The van der Waals surface area contributed by atoms with Gasteiger partial charge in [-0.05, 0) is 31.2 Å². The van der Waals surface area contributed by atoms with Crippen molar-refractivity contribution in [3.63, 3.8) is 0 Å². The minimum absolute atomic E-state index is 0.0747. The lowest BCUT2D eigenvalue weighted by molar-refractivity contribution is -0.138. The van der Waals surface area contributed by atoms with Gasteiger partial charge in [-0.1, -0.05) is 41.9 Å². The molecule has 3 N–H and O–H groups in total. The molecule has 0 aliphatic rings. The Morgan fingerprint density at radius 3 is 2.63 bits per heavy atom. The number of benzene rings is 2. The zero-order valence-corrected chi connectivity index (χ0v) is 15.7. The Balaban J connectivity index is 0.00000126. The number of amides is 2. The fourth-order valence-corrected chi connectivity index (χ4v) is 2.99. The predicted octanol–water partition coefficient (Wildman–Crippen LogP) is 3.65. The number of aryl methyl sites for hydroxylation is 1. The second-order valence-electron chi connectivity index (χ2n) is 5.69. The van der Waals surface area contributed by atoms with E-state index >= 15 is 0 Å². The predicted molar refractivity (Wildman–Crippen MR) is 105 cm³/mol. The van der Waals surface area contributed by atoms with Crippen molar-refractivity contribution in [3.05, 3.63) is 70.6 Å². The Morgan fingerprint density at radius 1 is 1.19 bits per heavy atom. The van der Waals surface area contributed by atoms with E-state index in [0.717, 1.165) is 21.4 Å². The van der Waals surface area contributed by atoms with Gasteiger partial charge in [0.2, 0.25) is 12.3 Å². The standard InChI is InChI=1S/C19H16ClFN2O2.CH5N/c20-16-6-3-5-15-13(10-22-19(15)16)8-9-18(25)23(12-24)11-14-4-1-2-7-17(14)21;1-2/h1-7,10,12,22H,8-9,11H2;2H2,1H3. The van der Waals surface area contributed by atoms with Crippen LogP contribution >= 0.6 is 11.6 Å². The van der Waals surface area contributed by atoms with Gasteiger partial charge in [-0.3, -0.25) is 14.5 Å². The average molecular weight is 390 g/mol. The van der Waals surface area contributed by atoms with Crippen molar-refractivity contribution in [1.82, 2.24) is 9.88 Å². The van der Waals surface area contributed by atoms with E-state index in [0.29, 0.717) is 23.4 Å². The van der Waals surface area contributed by atoms with Crippen LogP contribution in [-0.2, 0) is 22.6 Å². The summed E-state index contributed by atoms with van der Waals surface area (Å²) in [5, 5.41) is 1.57. The van der Waals surface area contributed by atoms with E-state index in [1.165, 1.54) is 13.1 Å². The first-order valence-electron chi connectivity index (χ1n) is 8.40. The molecule has 5 nitrogen and oxygen atoms in total. The highest BCUT2D eigenvalue weighted by Gasteiger charge is 2.16. The zero-order valence-electron chi connectivity index (χ0n) is 14.9. The number of para-hydroxylation sites is 1. The first-order chi connectivity index (χ1) is 13.1. The van der Waals surface area contributed by atoms with Gasteiger partial charge in [-0.2, -0.15) is 0 Å². The van der Waals surface area contributed by atoms with Gasteiger partial charge in [0.15, 0.2) is 0 Å². The highest BCUT2D eigenvalue weighted by Crippen LogP contribution is 2.26. The summed E-state index contributed by atoms with van der Waals surface area (Å²) in [4.78, 5) is 27.7. The van der Waals surface area contributed by atoms with Gasteiger partial charge in [0.05, 0.1) is 17.1 Å². The van der Waals surface area contributed by atoms with Crippen molar-refractivity contribution in [2.75, 3.05) is 7.05 Å². The van der Waals surface area contributed by atoms with Crippen LogP contribution in [-0.4, -0.2) is 29.2 Å². The first-order valence-corrected chi connectivity index (χ1v) is 8.78. The van der Waals surface area contributed by atoms with Crippen LogP contribution in [0.3, 0.4) is 0 Å². The quantitative estimate of drug-likeness (QED) is 0.631. The molecule has 142 valence electrons. The molecule has 3 rings (SSSR count). The maximum Gasteiger partial charge on any atom is 0.229 e. The van der Waals surface area contributed by atoms with Crippen molar-refractivity contribution in [1.29, 1.82) is 0 Å². The number of imide groups is 1. The highest BCUT2D eigenvalue weighted by molar-refractivity contribution is 6.35. The fraction of sp³-hybridized carbons (Fsp3) is 0.200. The monoisotopic (exact) mass is 389 g/mol. The molecule has 0 aliphatic carbocycles. The summed E-state index contributed by atoms with van der Waals surface area (Å²) in [6, 6.07) is 11.7. The minimum Gasteiger partial charge on any atom is -0.360 e. The SMILES string of the molecule is CN.O=CN(Cc1ccccc1F)C(=O)CCc1c[nH]c2c(Cl)cccc12. The van der Waals surface area contributed by atoms with E-state index in [2.05, 4.69) is 10.7 Å². The number of aromatic amines is 1. The second kappa shape index (κ2) is 9.85. The number of nitrogens with zero attached hydrogens (tertiary/aromatic N) is 1. The smallest absolute Gasteiger partial charge is 0.229 e. The number of aromatic nitrogens is 1. The van der Waals surface area contributed by atoms with E-state index < -0.39 is 5.82 Å². The number of fused-ring (bicyclic) bond motifs is 1. The number of nitrogens with one attached hydrogen (secondary N) is 1. The number of hydrogen-bond donors (Lipinski definition) is 2. The maximum atomic E-state index is 13.7. The number of rotatable bonds is 6. The molecule has 0 saturated heterocycles. The molecular formula is C20H21ClFN3O2. The first kappa shape index (κ1) is 20.6. The van der Waals surface area contributed by atoms with Crippen molar-refractivity contribution < 1.29 is 14.0 Å². The Bertz CT molecular complexity index is 926. The summed E-state index contributed by atoms with van der Waals surface area (Å²) >= 11 is 6.12. The molecule has 0 unspecified atom stereocenters. The molecule has 1 heterocycles. The van der Waals surface area contributed by atoms with Crippen LogP contribution in [0.2, 0.25) is 5.02 Å². The van der Waals surface area contributed by atoms with Crippen LogP contribution < -0.4 is 5.73 Å². The summed E-state index contributed by atoms with van der Waals surface area (Å²) in [5.74, 6) is -0.789. The normalized spacial score (nSPS) is 10.2. The second-order valence-corrected chi connectivity index (χ2v) is 6.10. The largest absolute Gasteiger partial charge is 0.360 e. The van der Waals surface area contributed by atoms with Crippen LogP contribution in [0.5, 0.6) is 0 Å². The third kappa shape index (κ3) is 4.93. The van der Waals surface area contributed by atoms with Gasteiger partial charge < -0.3 is 10.7 Å². The molecule has 7 heteroatoms. The van der Waals surface area contributed by atoms with Crippen molar-refractivity contribution in [3.8, 4) is 0 Å². The lowest BCUT2D eigenvalue weighted by Crippen LogP contribution is -2.29. The van der Waals surface area contributed by atoms with Crippen LogP contribution in [0.4, 0.5) is 4.39 Å². The lowest BCUT2D eigenvalue weighted by atomic mass is 10.1. The molecule has 0 saturated carbocycles. The molecule has 2 aromatic carbocycles. The summed E-state index contributed by atoms with van der Waals surface area (Å²) in [5.41, 5.74) is 6.58. The Morgan fingerprint density at radius 2 is 1.93 bits per heavy atom. The molecule has 0 fully saturated rings. The molecule has 0 radical (unpaired) electrons. The number of carbonyl (C=O) groups excluding carboxylic acids is 2. The van der Waals surface area contributed by atoms with Gasteiger partial charge in [-0.15, -0.1) is 0 Å². The number of H-pyrrole nitrogens is 1. The fourth-order valence-electron chi connectivity index (χ4n) is 2.76. The Kier molecular flexibility index (Phi) is 7.52. The average Bonchev–Trinajstić information content (AvgIpc) is 3.11. The van der Waals surface area contributed by atoms with Crippen molar-refractivity contribution in [2.24, 2.45) is 5.73 Å². The van der Waals surface area contributed by atoms with Crippen LogP contribution in [0.25, 0.3) is 10.9 Å². The van der Waals surface area contributed by atoms with E-state index in [4.69, 9.17) is 11.6 Å². The highest BCUT2D eigenvalue weighted by atomic mass is 35.5. The van der Waals surface area contributed by atoms with Crippen LogP contribution in [0.1, 0.15) is 17.5 Å². The molecule has 0 bridgehead atoms. The van der Waals surface area contributed by atoms with E-state index in [1.807, 2.05) is 18.3 Å². The lowest BCUT2D eigenvalue weighted by Gasteiger charge is -2.16. The number of halogens is 2. The minimum atomic E-state index is -0.437. The van der Waals surface area contributed by atoms with Crippen LogP contribution in [0, 0.1) is 5.82 Å². The van der Waals surface area contributed by atoms with E-state index in [-0.39, 0.29) is 18.9 Å². The van der Waals surface area contributed by atoms with Gasteiger partial charge in [0, 0.05) is 23.6 Å². The number of hydrogen-bond acceptors (Lipinski definition) is 3. The number of nitrogens with two attached hydrogens (primary N) is 1. The Hall–Kier alpha value is -2.70. The number of carbonyl (C=O) groups is 2. The molecule has 1 aromatic heterocycles. The van der Waals surface area contributed by atoms with Gasteiger partial charge in [0.1, 0.15) is 5.82 Å². The molecule has 0 spiro atoms. The molecule has 27 heavy (non-hydrogen) atoms. The van der Waals surface area contributed by atoms with E-state index in [1.54, 1.807) is 24.3 Å². The van der Waals surface area contributed by atoms with Gasteiger partial charge >= 0.3 is 0 Å². The third-order valence-electron chi connectivity index (χ3n) is 4.10. The van der Waals surface area contributed by atoms with Gasteiger partial charge in [-0.25, -0.2) is 4.39 Å². The Labute approximate surface area is 161 Å². The topological polar surface area (TPSA) is 79.2 Å². The summed E-state index contributed by atoms with van der Waals surface area (Å²) < 4.78 is 13.7.